The van der Waals surface area contributed by atoms with Crippen molar-refractivity contribution in [1.29, 1.82) is 0 Å². The van der Waals surface area contributed by atoms with Gasteiger partial charge in [-0.1, -0.05) is 6.92 Å². The normalized spacial score (nSPS) is 19.1. The fraction of sp³-hybridized carbons (Fsp3) is 0.909. The molecule has 0 aromatic rings. The van der Waals surface area contributed by atoms with E-state index in [4.69, 9.17) is 5.73 Å². The van der Waals surface area contributed by atoms with E-state index in [0.29, 0.717) is 6.54 Å². The maximum absolute atomic E-state index is 11.6. The molecule has 1 atom stereocenters. The van der Waals surface area contributed by atoms with E-state index in [0.717, 1.165) is 19.5 Å². The first-order chi connectivity index (χ1) is 7.27. The van der Waals surface area contributed by atoms with Crippen LogP contribution in [0.15, 0.2) is 0 Å². The molecule has 0 spiro atoms. The van der Waals surface area contributed by atoms with Crippen LogP contribution in [0, 0.1) is 5.92 Å². The zero-order valence-corrected chi connectivity index (χ0v) is 9.67. The number of nitrogens with zero attached hydrogens (tertiary/aromatic N) is 1. The van der Waals surface area contributed by atoms with Crippen LogP contribution in [0.2, 0.25) is 0 Å². The number of carbonyl (C=O) groups excluding carboxylic acids is 1. The zero-order valence-electron chi connectivity index (χ0n) is 9.67. The Morgan fingerprint density at radius 2 is 2.13 bits per heavy atom. The Bertz CT molecular complexity index is 186. The number of likely N-dealkylation sites (tertiary alicyclic amines) is 1. The molecule has 1 saturated heterocycles. The fourth-order valence-corrected chi connectivity index (χ4v) is 1.95. The summed E-state index contributed by atoms with van der Waals surface area (Å²) in [5.41, 5.74) is 5.51. The van der Waals surface area contributed by atoms with Gasteiger partial charge in [-0.3, -0.25) is 4.79 Å². The van der Waals surface area contributed by atoms with Crippen molar-refractivity contribution in [1.82, 2.24) is 10.2 Å². The van der Waals surface area contributed by atoms with E-state index in [1.54, 1.807) is 0 Å². The first-order valence-electron chi connectivity index (χ1n) is 5.98. The maximum Gasteiger partial charge on any atom is 0.224 e. The Morgan fingerprint density at radius 1 is 1.47 bits per heavy atom. The lowest BCUT2D eigenvalue weighted by atomic mass is 10.1. The molecule has 1 aliphatic heterocycles. The van der Waals surface area contributed by atoms with Crippen molar-refractivity contribution in [3.05, 3.63) is 0 Å². The van der Waals surface area contributed by atoms with Crippen LogP contribution in [0.25, 0.3) is 0 Å². The molecular formula is C11H23N3O. The van der Waals surface area contributed by atoms with Crippen molar-refractivity contribution < 1.29 is 4.79 Å². The quantitative estimate of drug-likeness (QED) is 0.662. The van der Waals surface area contributed by atoms with Crippen LogP contribution in [0.4, 0.5) is 0 Å². The maximum atomic E-state index is 11.6. The molecule has 1 amide bonds. The van der Waals surface area contributed by atoms with Gasteiger partial charge in [0.25, 0.3) is 0 Å². The highest BCUT2D eigenvalue weighted by Crippen LogP contribution is 2.05. The van der Waals surface area contributed by atoms with E-state index >= 15 is 0 Å². The van der Waals surface area contributed by atoms with E-state index in [9.17, 15) is 4.79 Å². The molecule has 1 unspecified atom stereocenters. The highest BCUT2D eigenvalue weighted by molar-refractivity contribution is 5.78. The van der Waals surface area contributed by atoms with Crippen molar-refractivity contribution >= 4 is 5.91 Å². The van der Waals surface area contributed by atoms with Crippen LogP contribution in [-0.4, -0.2) is 43.5 Å². The summed E-state index contributed by atoms with van der Waals surface area (Å²) in [5, 5.41) is 2.95. The molecule has 1 heterocycles. The third-order valence-electron chi connectivity index (χ3n) is 3.07. The van der Waals surface area contributed by atoms with Gasteiger partial charge in [0.1, 0.15) is 0 Å². The van der Waals surface area contributed by atoms with Crippen LogP contribution in [-0.2, 0) is 4.79 Å². The summed E-state index contributed by atoms with van der Waals surface area (Å²) in [6, 6.07) is 0. The van der Waals surface area contributed by atoms with Crippen molar-refractivity contribution in [2.45, 2.75) is 26.2 Å². The van der Waals surface area contributed by atoms with Gasteiger partial charge in [0, 0.05) is 25.6 Å². The average molecular weight is 213 g/mol. The molecule has 15 heavy (non-hydrogen) atoms. The van der Waals surface area contributed by atoms with E-state index in [-0.39, 0.29) is 11.8 Å². The standard InChI is InChI=1S/C11H23N3O/c1-2-10(9-12)11(15)13-5-8-14-6-3-4-7-14/h10H,2-9,12H2,1H3,(H,13,15). The van der Waals surface area contributed by atoms with Gasteiger partial charge in [-0.15, -0.1) is 0 Å². The van der Waals surface area contributed by atoms with Crippen molar-refractivity contribution in [2.75, 3.05) is 32.7 Å². The van der Waals surface area contributed by atoms with Gasteiger partial charge in [0.2, 0.25) is 5.91 Å². The second-order valence-corrected chi connectivity index (χ2v) is 4.18. The van der Waals surface area contributed by atoms with Gasteiger partial charge in [-0.25, -0.2) is 0 Å². The molecule has 1 rings (SSSR count). The Hall–Kier alpha value is -0.610. The van der Waals surface area contributed by atoms with Gasteiger partial charge < -0.3 is 16.0 Å². The van der Waals surface area contributed by atoms with Crippen LogP contribution < -0.4 is 11.1 Å². The minimum Gasteiger partial charge on any atom is -0.355 e. The predicted molar refractivity (Wildman–Crippen MR) is 61.5 cm³/mol. The molecule has 0 aliphatic carbocycles. The van der Waals surface area contributed by atoms with Gasteiger partial charge in [0.05, 0.1) is 0 Å². The SMILES string of the molecule is CCC(CN)C(=O)NCCN1CCCC1. The minimum absolute atomic E-state index is 0.0106. The third kappa shape index (κ3) is 4.18. The third-order valence-corrected chi connectivity index (χ3v) is 3.07. The molecule has 0 radical (unpaired) electrons. The number of nitrogens with two attached hydrogens (primary N) is 1. The lowest BCUT2D eigenvalue weighted by molar-refractivity contribution is -0.124. The lowest BCUT2D eigenvalue weighted by Crippen LogP contribution is -2.39. The first-order valence-corrected chi connectivity index (χ1v) is 5.98. The molecule has 3 N–H and O–H groups in total. The molecule has 4 heteroatoms. The molecule has 88 valence electrons. The monoisotopic (exact) mass is 213 g/mol. The predicted octanol–water partition coefficient (Wildman–Crippen LogP) is 0.183. The van der Waals surface area contributed by atoms with E-state index in [1.807, 2.05) is 6.92 Å². The minimum atomic E-state index is -0.0106. The summed E-state index contributed by atoms with van der Waals surface area (Å²) in [6.45, 7) is 6.56. The van der Waals surface area contributed by atoms with Crippen LogP contribution in [0.1, 0.15) is 26.2 Å². The highest BCUT2D eigenvalue weighted by Gasteiger charge is 2.15. The fourth-order valence-electron chi connectivity index (χ4n) is 1.95. The Kier molecular flexibility index (Phi) is 5.65. The lowest BCUT2D eigenvalue weighted by Gasteiger charge is -2.17. The summed E-state index contributed by atoms with van der Waals surface area (Å²) < 4.78 is 0. The largest absolute Gasteiger partial charge is 0.355 e. The molecule has 0 aromatic carbocycles. The molecule has 1 aliphatic rings. The number of rotatable bonds is 6. The van der Waals surface area contributed by atoms with E-state index in [2.05, 4.69) is 10.2 Å². The van der Waals surface area contributed by atoms with Crippen LogP contribution in [0.3, 0.4) is 0 Å². The second-order valence-electron chi connectivity index (χ2n) is 4.18. The molecular weight excluding hydrogens is 190 g/mol. The van der Waals surface area contributed by atoms with E-state index in [1.165, 1.54) is 25.9 Å². The van der Waals surface area contributed by atoms with Crippen LogP contribution >= 0.6 is 0 Å². The Balaban J connectivity index is 2.10. The van der Waals surface area contributed by atoms with Gasteiger partial charge >= 0.3 is 0 Å². The average Bonchev–Trinajstić information content (AvgIpc) is 2.72. The highest BCUT2D eigenvalue weighted by atomic mass is 16.1. The van der Waals surface area contributed by atoms with Crippen molar-refractivity contribution in [3.8, 4) is 0 Å². The Morgan fingerprint density at radius 3 is 2.67 bits per heavy atom. The van der Waals surface area contributed by atoms with Gasteiger partial charge in [-0.2, -0.15) is 0 Å². The molecule has 0 bridgehead atoms. The van der Waals surface area contributed by atoms with Crippen molar-refractivity contribution in [2.24, 2.45) is 11.7 Å². The van der Waals surface area contributed by atoms with Gasteiger partial charge in [-0.05, 0) is 32.4 Å². The number of amides is 1. The number of hydrogen-bond donors (Lipinski definition) is 2. The topological polar surface area (TPSA) is 58.4 Å². The Labute approximate surface area is 92.2 Å². The summed E-state index contributed by atoms with van der Waals surface area (Å²) in [5.74, 6) is 0.0998. The molecule has 0 saturated carbocycles. The summed E-state index contributed by atoms with van der Waals surface area (Å²) in [4.78, 5) is 14.0. The molecule has 1 fully saturated rings. The number of hydrogen-bond acceptors (Lipinski definition) is 3. The van der Waals surface area contributed by atoms with Crippen LogP contribution in [0.5, 0.6) is 0 Å². The van der Waals surface area contributed by atoms with Gasteiger partial charge in [0.15, 0.2) is 0 Å². The number of nitrogens with one attached hydrogen (secondary N) is 1. The smallest absolute Gasteiger partial charge is 0.224 e. The second kappa shape index (κ2) is 6.80. The van der Waals surface area contributed by atoms with E-state index < -0.39 is 0 Å². The summed E-state index contributed by atoms with van der Waals surface area (Å²) >= 11 is 0. The van der Waals surface area contributed by atoms with Crippen molar-refractivity contribution in [3.63, 3.8) is 0 Å². The summed E-state index contributed by atoms with van der Waals surface area (Å²) in [6.07, 6.45) is 3.43. The summed E-state index contributed by atoms with van der Waals surface area (Å²) in [7, 11) is 0. The first kappa shape index (κ1) is 12.5. The molecule has 4 nitrogen and oxygen atoms in total. The molecule has 0 aromatic heterocycles. The number of carbonyl (C=O) groups is 1. The zero-order chi connectivity index (χ0) is 11.1.